The number of fused-ring (bicyclic) bond motifs is 12. The van der Waals surface area contributed by atoms with Gasteiger partial charge in [0.2, 0.25) is 0 Å². The smallest absolute Gasteiger partial charge is 0.159 e. The van der Waals surface area contributed by atoms with Crippen molar-refractivity contribution in [1.29, 1.82) is 0 Å². The number of rotatable bonds is 6. The van der Waals surface area contributed by atoms with Gasteiger partial charge in [-0.3, -0.25) is 0 Å². The molecule has 0 fully saturated rings. The molecule has 0 N–H and O–H groups in total. The number of para-hydroxylation sites is 2. The van der Waals surface area contributed by atoms with Crippen molar-refractivity contribution in [2.24, 2.45) is 15.9 Å². The number of benzene rings is 10. The van der Waals surface area contributed by atoms with Crippen molar-refractivity contribution in [3.8, 4) is 44.5 Å². The fraction of sp³-hybridized carbons (Fsp3) is 0.0857. The Kier molecular flexibility index (Phi) is 9.46. The van der Waals surface area contributed by atoms with Crippen molar-refractivity contribution in [3.05, 3.63) is 282 Å². The van der Waals surface area contributed by atoms with Gasteiger partial charge in [-0.1, -0.05) is 231 Å². The van der Waals surface area contributed by atoms with E-state index < -0.39 is 5.41 Å². The van der Waals surface area contributed by atoms with Gasteiger partial charge in [0.1, 0.15) is 12.0 Å². The second-order valence-electron chi connectivity index (χ2n) is 20.5. The van der Waals surface area contributed by atoms with E-state index in [-0.39, 0.29) is 6.17 Å². The molecular weight excluding hydrogens is 897 g/mol. The molecule has 15 rings (SSSR count). The van der Waals surface area contributed by atoms with Crippen LogP contribution in [0.2, 0.25) is 0 Å². The lowest BCUT2D eigenvalue weighted by Gasteiger charge is -2.43. The normalized spacial score (nSPS) is 18.4. The standard InChI is InChI=1S/C70H50N4/c1-44-18-15-31-60-65(44)74-63-33-14-12-28-57(63)58-29-17-32-61(66(58)74)70(60)59-30-13-11-27-55(59)56-41-39-51(43-62(56)70)54-40-38-46-21-9-10-26-53(46)64(54)47-34-36-49(37-35-47)69-72-67(71-68(73(69)2)48-22-7-4-8-23-48)52-25-16-24-50(42-52)45-19-5-3-6-20-45/h3-17,19-44,69H,18H2,1-2H3. The molecule has 1 aromatic heterocycles. The van der Waals surface area contributed by atoms with Gasteiger partial charge in [0.15, 0.2) is 5.84 Å². The van der Waals surface area contributed by atoms with Gasteiger partial charge in [-0.15, -0.1) is 0 Å². The molecule has 3 heterocycles. The van der Waals surface area contributed by atoms with Crippen molar-refractivity contribution in [2.75, 3.05) is 7.05 Å². The first kappa shape index (κ1) is 42.6. The van der Waals surface area contributed by atoms with Gasteiger partial charge in [-0.05, 0) is 108 Å². The van der Waals surface area contributed by atoms with E-state index in [2.05, 4.69) is 266 Å². The minimum Gasteiger partial charge on any atom is -0.333 e. The molecule has 0 radical (unpaired) electrons. The minimum absolute atomic E-state index is 0.303. The Hall–Kier alpha value is -9.12. The molecule has 11 aromatic rings. The van der Waals surface area contributed by atoms with Crippen LogP contribution in [0, 0.1) is 5.92 Å². The first-order valence-corrected chi connectivity index (χ1v) is 26.0. The van der Waals surface area contributed by atoms with E-state index in [9.17, 15) is 0 Å². The third-order valence-corrected chi connectivity index (χ3v) is 16.5. The summed E-state index contributed by atoms with van der Waals surface area (Å²) in [4.78, 5) is 12.9. The molecule has 2 aliphatic heterocycles. The predicted octanol–water partition coefficient (Wildman–Crippen LogP) is 16.9. The summed E-state index contributed by atoms with van der Waals surface area (Å²) in [7, 11) is 2.11. The Labute approximate surface area is 431 Å². The minimum atomic E-state index is -0.513. The molecule has 0 amide bonds. The van der Waals surface area contributed by atoms with Crippen molar-refractivity contribution in [2.45, 2.75) is 24.9 Å². The highest BCUT2D eigenvalue weighted by Crippen LogP contribution is 2.63. The monoisotopic (exact) mass is 946 g/mol. The van der Waals surface area contributed by atoms with Crippen LogP contribution in [0.1, 0.15) is 52.9 Å². The van der Waals surface area contributed by atoms with Crippen LogP contribution in [-0.4, -0.2) is 28.2 Å². The molecule has 1 spiro atoms. The molecule has 4 nitrogen and oxygen atoms in total. The van der Waals surface area contributed by atoms with Gasteiger partial charge in [0.25, 0.3) is 0 Å². The molecule has 3 unspecified atom stereocenters. The lowest BCUT2D eigenvalue weighted by atomic mass is 9.63. The summed E-state index contributed by atoms with van der Waals surface area (Å²) in [5.74, 6) is 1.94. The third-order valence-electron chi connectivity index (χ3n) is 16.5. The molecule has 0 saturated carbocycles. The molecule has 4 aliphatic rings. The summed E-state index contributed by atoms with van der Waals surface area (Å²) >= 11 is 0. The molecule has 3 atom stereocenters. The fourth-order valence-corrected chi connectivity index (χ4v) is 13.2. The van der Waals surface area contributed by atoms with Gasteiger partial charge in [-0.25, -0.2) is 9.98 Å². The average Bonchev–Trinajstić information content (AvgIpc) is 3.95. The number of aliphatic imine (C=N–C) groups is 2. The summed E-state index contributed by atoms with van der Waals surface area (Å²) in [6.07, 6.45) is 5.60. The van der Waals surface area contributed by atoms with E-state index in [1.165, 1.54) is 88.4 Å². The Morgan fingerprint density at radius 3 is 1.99 bits per heavy atom. The second kappa shape index (κ2) is 16.5. The van der Waals surface area contributed by atoms with Crippen molar-refractivity contribution >= 4 is 49.9 Å². The number of nitrogens with zero attached hydrogens (tertiary/aromatic N) is 4. The van der Waals surface area contributed by atoms with E-state index in [1.807, 2.05) is 0 Å². The summed E-state index contributed by atoms with van der Waals surface area (Å²) in [6, 6.07) is 84.9. The number of hydrogen-bond acceptors (Lipinski definition) is 3. The molecule has 74 heavy (non-hydrogen) atoms. The van der Waals surface area contributed by atoms with Gasteiger partial charge in [-0.2, -0.15) is 0 Å². The highest BCUT2D eigenvalue weighted by Gasteiger charge is 2.52. The Balaban J connectivity index is 0.895. The van der Waals surface area contributed by atoms with Crippen LogP contribution >= 0.6 is 0 Å². The maximum Gasteiger partial charge on any atom is 0.159 e. The van der Waals surface area contributed by atoms with E-state index in [0.717, 1.165) is 51.5 Å². The maximum atomic E-state index is 5.44. The summed E-state index contributed by atoms with van der Waals surface area (Å²) in [5, 5.41) is 5.06. The van der Waals surface area contributed by atoms with Crippen LogP contribution in [0.4, 0.5) is 0 Å². The van der Waals surface area contributed by atoms with Crippen LogP contribution in [0.5, 0.6) is 0 Å². The van der Waals surface area contributed by atoms with Gasteiger partial charge >= 0.3 is 0 Å². The molecule has 2 aliphatic carbocycles. The van der Waals surface area contributed by atoms with E-state index in [0.29, 0.717) is 5.92 Å². The van der Waals surface area contributed by atoms with Crippen molar-refractivity contribution in [3.63, 3.8) is 0 Å². The van der Waals surface area contributed by atoms with Crippen molar-refractivity contribution < 1.29 is 0 Å². The lowest BCUT2D eigenvalue weighted by molar-refractivity contribution is 0.383. The number of hydrogen-bond donors (Lipinski definition) is 0. The zero-order valence-electron chi connectivity index (χ0n) is 41.2. The first-order valence-electron chi connectivity index (χ1n) is 26.0. The largest absolute Gasteiger partial charge is 0.333 e. The van der Waals surface area contributed by atoms with Crippen molar-refractivity contribution in [1.82, 2.24) is 9.47 Å². The fourth-order valence-electron chi connectivity index (χ4n) is 13.2. The highest BCUT2D eigenvalue weighted by molar-refractivity contribution is 6.15. The predicted molar refractivity (Wildman–Crippen MR) is 308 cm³/mol. The van der Waals surface area contributed by atoms with E-state index in [1.54, 1.807) is 0 Å². The number of amidine groups is 2. The van der Waals surface area contributed by atoms with E-state index in [4.69, 9.17) is 9.98 Å². The van der Waals surface area contributed by atoms with Gasteiger partial charge in [0.05, 0.1) is 16.4 Å². The first-order chi connectivity index (χ1) is 36.5. The van der Waals surface area contributed by atoms with Crippen LogP contribution < -0.4 is 0 Å². The SMILES string of the molecule is CC1CC=CC2=C1n1c3ccccc3c3cccc(c31)C21c2ccccc2-c2ccc(-c3ccc4ccccc4c3-c3ccc(C4N=C(c5cccc(-c6ccccc6)c5)N=C(c5ccccc5)N4C)cc3)cc21. The number of allylic oxidation sites excluding steroid dienone is 4. The Morgan fingerprint density at radius 2 is 1.14 bits per heavy atom. The zero-order chi connectivity index (χ0) is 49.1. The topological polar surface area (TPSA) is 32.9 Å². The molecule has 0 saturated heterocycles. The molecule has 10 aromatic carbocycles. The van der Waals surface area contributed by atoms with Gasteiger partial charge < -0.3 is 9.47 Å². The maximum absolute atomic E-state index is 5.44. The third kappa shape index (κ3) is 6.15. The summed E-state index contributed by atoms with van der Waals surface area (Å²) in [6.45, 7) is 2.42. The summed E-state index contributed by atoms with van der Waals surface area (Å²) < 4.78 is 2.63. The Morgan fingerprint density at radius 1 is 0.486 bits per heavy atom. The Bertz CT molecular complexity index is 4250. The van der Waals surface area contributed by atoms with Crippen LogP contribution in [0.3, 0.4) is 0 Å². The van der Waals surface area contributed by atoms with Gasteiger partial charge in [0, 0.05) is 40.6 Å². The lowest BCUT2D eigenvalue weighted by Crippen LogP contribution is -2.36. The molecular formula is C70H50N4. The average molecular weight is 947 g/mol. The van der Waals surface area contributed by atoms with E-state index >= 15 is 0 Å². The number of aromatic nitrogens is 1. The van der Waals surface area contributed by atoms with Crippen LogP contribution in [0.25, 0.3) is 82.8 Å². The quantitative estimate of drug-likeness (QED) is 0.163. The van der Waals surface area contributed by atoms with Crippen LogP contribution in [0.15, 0.2) is 258 Å². The molecule has 4 heteroatoms. The zero-order valence-corrected chi connectivity index (χ0v) is 41.2. The van der Waals surface area contributed by atoms with Crippen LogP contribution in [-0.2, 0) is 5.41 Å². The highest BCUT2D eigenvalue weighted by atomic mass is 15.3. The summed E-state index contributed by atoms with van der Waals surface area (Å²) in [5.41, 5.74) is 21.8. The second-order valence-corrected chi connectivity index (χ2v) is 20.5. The molecule has 0 bridgehead atoms. The molecule has 350 valence electrons.